The fourth-order valence-corrected chi connectivity index (χ4v) is 1.54. The highest BCUT2D eigenvalue weighted by Crippen LogP contribution is 2.27. The molecule has 88 valence electrons. The number of hydrogen-bond donors (Lipinski definition) is 1. The van der Waals surface area contributed by atoms with Crippen molar-refractivity contribution in [1.82, 2.24) is 0 Å². The fourth-order valence-electron chi connectivity index (χ4n) is 1.54. The number of rotatable bonds is 4. The Balaban J connectivity index is 2.20. The molecule has 17 heavy (non-hydrogen) atoms. The number of benzene rings is 2. The normalized spacial score (nSPS) is 10.0. The fraction of sp³-hybridized carbons (Fsp3) is 0.143. The third-order valence-electron chi connectivity index (χ3n) is 2.31. The molecular formula is C14H14FNO. The molecule has 0 amide bonds. The molecule has 2 rings (SSSR count). The van der Waals surface area contributed by atoms with E-state index >= 15 is 0 Å². The van der Waals surface area contributed by atoms with Gasteiger partial charge in [0.05, 0.1) is 12.3 Å². The first-order chi connectivity index (χ1) is 8.29. The third-order valence-corrected chi connectivity index (χ3v) is 2.31. The molecule has 0 fully saturated rings. The first-order valence-electron chi connectivity index (χ1n) is 5.54. The van der Waals surface area contributed by atoms with E-state index in [1.54, 1.807) is 12.1 Å². The van der Waals surface area contributed by atoms with Crippen molar-refractivity contribution >= 4 is 11.4 Å². The van der Waals surface area contributed by atoms with Crippen LogP contribution in [0.4, 0.5) is 15.8 Å². The van der Waals surface area contributed by atoms with E-state index in [1.165, 1.54) is 12.1 Å². The minimum Gasteiger partial charge on any atom is -0.492 e. The van der Waals surface area contributed by atoms with Gasteiger partial charge in [0, 0.05) is 5.69 Å². The van der Waals surface area contributed by atoms with Gasteiger partial charge in [-0.1, -0.05) is 12.1 Å². The second kappa shape index (κ2) is 5.34. The maximum atomic E-state index is 12.8. The number of para-hydroxylation sites is 2. The van der Waals surface area contributed by atoms with Gasteiger partial charge in [0.2, 0.25) is 0 Å². The van der Waals surface area contributed by atoms with Crippen LogP contribution < -0.4 is 10.1 Å². The van der Waals surface area contributed by atoms with Crippen LogP contribution in [-0.2, 0) is 0 Å². The van der Waals surface area contributed by atoms with E-state index in [0.29, 0.717) is 6.61 Å². The summed E-state index contributed by atoms with van der Waals surface area (Å²) in [6, 6.07) is 13.9. The van der Waals surface area contributed by atoms with Crippen molar-refractivity contribution in [3.8, 4) is 5.75 Å². The van der Waals surface area contributed by atoms with Crippen LogP contribution in [0, 0.1) is 5.82 Å². The SMILES string of the molecule is CCOc1ccccc1Nc1ccc(F)cc1. The summed E-state index contributed by atoms with van der Waals surface area (Å²) in [4.78, 5) is 0. The number of nitrogens with one attached hydrogen (secondary N) is 1. The van der Waals surface area contributed by atoms with E-state index in [4.69, 9.17) is 4.74 Å². The Morgan fingerprint density at radius 3 is 2.47 bits per heavy atom. The van der Waals surface area contributed by atoms with Crippen LogP contribution in [0.5, 0.6) is 5.75 Å². The molecule has 0 aliphatic carbocycles. The lowest BCUT2D eigenvalue weighted by Crippen LogP contribution is -1.97. The molecule has 2 nitrogen and oxygen atoms in total. The van der Waals surface area contributed by atoms with Gasteiger partial charge in [-0.05, 0) is 43.3 Å². The average Bonchev–Trinajstić information content (AvgIpc) is 2.35. The summed E-state index contributed by atoms with van der Waals surface area (Å²) in [5, 5.41) is 3.19. The Kier molecular flexibility index (Phi) is 3.60. The minimum absolute atomic E-state index is 0.242. The Labute approximate surface area is 100 Å². The second-order valence-corrected chi connectivity index (χ2v) is 3.56. The van der Waals surface area contributed by atoms with Crippen LogP contribution in [0.25, 0.3) is 0 Å². The molecule has 0 unspecified atom stereocenters. The maximum absolute atomic E-state index is 12.8. The standard InChI is InChI=1S/C14H14FNO/c1-2-17-14-6-4-3-5-13(14)16-12-9-7-11(15)8-10-12/h3-10,16H,2H2,1H3. The van der Waals surface area contributed by atoms with Gasteiger partial charge < -0.3 is 10.1 Å². The van der Waals surface area contributed by atoms with E-state index in [0.717, 1.165) is 17.1 Å². The minimum atomic E-state index is -0.242. The number of halogens is 1. The molecular weight excluding hydrogens is 217 g/mol. The Morgan fingerprint density at radius 1 is 1.06 bits per heavy atom. The summed E-state index contributed by atoms with van der Waals surface area (Å²) in [6.45, 7) is 2.55. The van der Waals surface area contributed by atoms with Gasteiger partial charge in [-0.3, -0.25) is 0 Å². The maximum Gasteiger partial charge on any atom is 0.142 e. The van der Waals surface area contributed by atoms with Gasteiger partial charge >= 0.3 is 0 Å². The van der Waals surface area contributed by atoms with Crippen molar-refractivity contribution in [2.45, 2.75) is 6.92 Å². The van der Waals surface area contributed by atoms with Crippen LogP contribution in [0.15, 0.2) is 48.5 Å². The van der Waals surface area contributed by atoms with Crippen LogP contribution in [0.2, 0.25) is 0 Å². The van der Waals surface area contributed by atoms with E-state index in [9.17, 15) is 4.39 Å². The van der Waals surface area contributed by atoms with Gasteiger partial charge in [0.25, 0.3) is 0 Å². The van der Waals surface area contributed by atoms with Crippen molar-refractivity contribution in [1.29, 1.82) is 0 Å². The molecule has 0 aliphatic rings. The Hall–Kier alpha value is -2.03. The molecule has 0 aromatic heterocycles. The molecule has 3 heteroatoms. The molecule has 0 atom stereocenters. The van der Waals surface area contributed by atoms with Gasteiger partial charge in [0.1, 0.15) is 11.6 Å². The molecule has 0 aliphatic heterocycles. The van der Waals surface area contributed by atoms with Crippen LogP contribution in [-0.4, -0.2) is 6.61 Å². The smallest absolute Gasteiger partial charge is 0.142 e. The van der Waals surface area contributed by atoms with Crippen LogP contribution >= 0.6 is 0 Å². The molecule has 0 heterocycles. The molecule has 1 N–H and O–H groups in total. The van der Waals surface area contributed by atoms with Crippen molar-refractivity contribution < 1.29 is 9.13 Å². The molecule has 0 saturated carbocycles. The largest absolute Gasteiger partial charge is 0.492 e. The van der Waals surface area contributed by atoms with Gasteiger partial charge in [-0.15, -0.1) is 0 Å². The Bertz CT molecular complexity index is 482. The summed E-state index contributed by atoms with van der Waals surface area (Å²) in [6.07, 6.45) is 0. The summed E-state index contributed by atoms with van der Waals surface area (Å²) in [5.41, 5.74) is 1.71. The van der Waals surface area contributed by atoms with Crippen molar-refractivity contribution in [2.24, 2.45) is 0 Å². The predicted molar refractivity (Wildman–Crippen MR) is 67.3 cm³/mol. The number of anilines is 2. The molecule has 2 aromatic carbocycles. The van der Waals surface area contributed by atoms with Gasteiger partial charge in [0.15, 0.2) is 0 Å². The summed E-state index contributed by atoms with van der Waals surface area (Å²) >= 11 is 0. The quantitative estimate of drug-likeness (QED) is 0.859. The van der Waals surface area contributed by atoms with Crippen molar-refractivity contribution in [2.75, 3.05) is 11.9 Å². The lowest BCUT2D eigenvalue weighted by atomic mass is 10.2. The van der Waals surface area contributed by atoms with Crippen LogP contribution in [0.1, 0.15) is 6.92 Å². The zero-order valence-electron chi connectivity index (χ0n) is 9.61. The first-order valence-corrected chi connectivity index (χ1v) is 5.54. The average molecular weight is 231 g/mol. The zero-order valence-corrected chi connectivity index (χ0v) is 9.61. The monoisotopic (exact) mass is 231 g/mol. The summed E-state index contributed by atoms with van der Waals surface area (Å²) < 4.78 is 18.3. The number of ether oxygens (including phenoxy) is 1. The molecule has 0 spiro atoms. The lowest BCUT2D eigenvalue weighted by Gasteiger charge is -2.11. The van der Waals surface area contributed by atoms with Gasteiger partial charge in [-0.25, -0.2) is 4.39 Å². The van der Waals surface area contributed by atoms with Crippen LogP contribution in [0.3, 0.4) is 0 Å². The predicted octanol–water partition coefficient (Wildman–Crippen LogP) is 3.97. The summed E-state index contributed by atoms with van der Waals surface area (Å²) in [7, 11) is 0. The third kappa shape index (κ3) is 2.97. The molecule has 2 aromatic rings. The Morgan fingerprint density at radius 2 is 1.76 bits per heavy atom. The van der Waals surface area contributed by atoms with Crippen molar-refractivity contribution in [3.05, 3.63) is 54.3 Å². The van der Waals surface area contributed by atoms with Crippen molar-refractivity contribution in [3.63, 3.8) is 0 Å². The van der Waals surface area contributed by atoms with E-state index < -0.39 is 0 Å². The molecule has 0 bridgehead atoms. The molecule has 0 radical (unpaired) electrons. The van der Waals surface area contributed by atoms with E-state index in [1.807, 2.05) is 31.2 Å². The van der Waals surface area contributed by atoms with E-state index in [2.05, 4.69) is 5.32 Å². The van der Waals surface area contributed by atoms with Gasteiger partial charge in [-0.2, -0.15) is 0 Å². The second-order valence-electron chi connectivity index (χ2n) is 3.56. The molecule has 0 saturated heterocycles. The zero-order chi connectivity index (χ0) is 12.1. The summed E-state index contributed by atoms with van der Waals surface area (Å²) in [5.74, 6) is 0.549. The van der Waals surface area contributed by atoms with E-state index in [-0.39, 0.29) is 5.82 Å². The highest BCUT2D eigenvalue weighted by atomic mass is 19.1. The lowest BCUT2D eigenvalue weighted by molar-refractivity contribution is 0.342. The topological polar surface area (TPSA) is 21.3 Å². The highest BCUT2D eigenvalue weighted by molar-refractivity contribution is 5.65. The highest BCUT2D eigenvalue weighted by Gasteiger charge is 2.02. The first kappa shape index (κ1) is 11.5. The number of hydrogen-bond acceptors (Lipinski definition) is 2.